The molecule has 0 aliphatic heterocycles. The second kappa shape index (κ2) is 6.86. The first-order valence-corrected chi connectivity index (χ1v) is 8.24. The lowest BCUT2D eigenvalue weighted by Gasteiger charge is -2.06. The van der Waals surface area contributed by atoms with Crippen molar-refractivity contribution in [2.24, 2.45) is 7.05 Å². The van der Waals surface area contributed by atoms with Crippen LogP contribution in [0.15, 0.2) is 48.0 Å². The van der Waals surface area contributed by atoms with Crippen molar-refractivity contribution in [3.8, 4) is 10.6 Å². The third-order valence-corrected chi connectivity index (χ3v) is 4.44. The molecule has 0 unspecified atom stereocenters. The van der Waals surface area contributed by atoms with Crippen LogP contribution >= 0.6 is 22.9 Å². The molecule has 2 heterocycles. The molecule has 24 heavy (non-hydrogen) atoms. The molecule has 0 saturated carbocycles. The summed E-state index contributed by atoms with van der Waals surface area (Å²) in [5.41, 5.74) is 6.27. The first kappa shape index (κ1) is 16.2. The van der Waals surface area contributed by atoms with Gasteiger partial charge >= 0.3 is 0 Å². The van der Waals surface area contributed by atoms with E-state index in [-0.39, 0.29) is 5.69 Å². The van der Waals surface area contributed by atoms with Gasteiger partial charge in [0.15, 0.2) is 0 Å². The minimum Gasteiger partial charge on any atom is -0.347 e. The van der Waals surface area contributed by atoms with Gasteiger partial charge in [-0.15, -0.1) is 11.3 Å². The molecule has 2 aromatic heterocycles. The molecule has 0 atom stereocenters. The summed E-state index contributed by atoms with van der Waals surface area (Å²) >= 11 is 7.20. The van der Waals surface area contributed by atoms with Crippen LogP contribution in [0.4, 0.5) is 0 Å². The van der Waals surface area contributed by atoms with Crippen LogP contribution in [0.3, 0.4) is 0 Å². The Labute approximate surface area is 147 Å². The Hall–Kier alpha value is -2.64. The number of carbonyl (C=O) groups excluding carboxylic acids is 2. The van der Waals surface area contributed by atoms with Gasteiger partial charge < -0.3 is 4.57 Å². The van der Waals surface area contributed by atoms with Gasteiger partial charge in [-0.1, -0.05) is 23.7 Å². The molecule has 122 valence electrons. The molecule has 0 spiro atoms. The number of nitrogens with zero attached hydrogens (tertiary/aromatic N) is 2. The number of nitrogens with one attached hydrogen (secondary N) is 2. The predicted molar refractivity (Wildman–Crippen MR) is 92.9 cm³/mol. The van der Waals surface area contributed by atoms with Crippen LogP contribution in [0.2, 0.25) is 5.02 Å². The molecular weight excluding hydrogens is 348 g/mol. The zero-order valence-electron chi connectivity index (χ0n) is 12.6. The lowest BCUT2D eigenvalue weighted by Crippen LogP contribution is -2.42. The molecule has 0 aliphatic rings. The molecule has 3 rings (SSSR count). The number of aromatic nitrogens is 2. The van der Waals surface area contributed by atoms with Crippen molar-refractivity contribution >= 4 is 34.8 Å². The highest BCUT2D eigenvalue weighted by molar-refractivity contribution is 7.13. The number of benzene rings is 1. The van der Waals surface area contributed by atoms with Crippen LogP contribution in [0, 0.1) is 0 Å². The van der Waals surface area contributed by atoms with Gasteiger partial charge in [-0.05, 0) is 24.3 Å². The Morgan fingerprint density at radius 3 is 2.50 bits per heavy atom. The maximum absolute atomic E-state index is 12.1. The fraction of sp³-hybridized carbons (Fsp3) is 0.0625. The number of hydrogen-bond donors (Lipinski definition) is 2. The van der Waals surface area contributed by atoms with Crippen LogP contribution in [-0.4, -0.2) is 21.4 Å². The van der Waals surface area contributed by atoms with Gasteiger partial charge in [-0.3, -0.25) is 20.4 Å². The zero-order chi connectivity index (χ0) is 17.1. The standard InChI is InChI=1S/C16H13ClN4O2S/c1-21-8-2-3-13(21)15(23)20-19-14(22)12-9-24-16(18-12)10-4-6-11(17)7-5-10/h2-9H,1H3,(H,19,22)(H,20,23). The summed E-state index contributed by atoms with van der Waals surface area (Å²) < 4.78 is 1.66. The van der Waals surface area contributed by atoms with Gasteiger partial charge in [-0.25, -0.2) is 4.98 Å². The van der Waals surface area contributed by atoms with Gasteiger partial charge in [0.25, 0.3) is 11.8 Å². The van der Waals surface area contributed by atoms with E-state index in [1.807, 2.05) is 12.1 Å². The summed E-state index contributed by atoms with van der Waals surface area (Å²) in [5.74, 6) is -0.877. The molecule has 8 heteroatoms. The molecule has 2 amide bonds. The second-order valence-corrected chi connectivity index (χ2v) is 6.25. The van der Waals surface area contributed by atoms with E-state index in [1.165, 1.54) is 11.3 Å². The highest BCUT2D eigenvalue weighted by Gasteiger charge is 2.14. The number of aryl methyl sites for hydroxylation is 1. The van der Waals surface area contributed by atoms with Crippen molar-refractivity contribution in [2.75, 3.05) is 0 Å². The summed E-state index contributed by atoms with van der Waals surface area (Å²) in [5, 5.41) is 2.97. The Bertz CT molecular complexity index is 886. The normalized spacial score (nSPS) is 10.4. The van der Waals surface area contributed by atoms with Crippen LogP contribution < -0.4 is 10.9 Å². The fourth-order valence-corrected chi connectivity index (χ4v) is 2.97. The molecule has 6 nitrogen and oxygen atoms in total. The van der Waals surface area contributed by atoms with Crippen LogP contribution in [-0.2, 0) is 7.05 Å². The van der Waals surface area contributed by atoms with E-state index in [2.05, 4.69) is 15.8 Å². The largest absolute Gasteiger partial charge is 0.347 e. The van der Waals surface area contributed by atoms with Gasteiger partial charge in [-0.2, -0.15) is 0 Å². The maximum atomic E-state index is 12.1. The summed E-state index contributed by atoms with van der Waals surface area (Å²) in [7, 11) is 1.75. The molecule has 0 radical (unpaired) electrons. The third kappa shape index (κ3) is 3.47. The van der Waals surface area contributed by atoms with Crippen molar-refractivity contribution in [1.29, 1.82) is 0 Å². The van der Waals surface area contributed by atoms with Crippen molar-refractivity contribution in [2.45, 2.75) is 0 Å². The van der Waals surface area contributed by atoms with E-state index >= 15 is 0 Å². The average molecular weight is 361 g/mol. The summed E-state index contributed by atoms with van der Waals surface area (Å²) in [6.07, 6.45) is 1.75. The minimum atomic E-state index is -0.478. The number of thiazole rings is 1. The smallest absolute Gasteiger partial charge is 0.289 e. The van der Waals surface area contributed by atoms with Crippen LogP contribution in [0.1, 0.15) is 21.0 Å². The monoisotopic (exact) mass is 360 g/mol. The number of hydrogen-bond acceptors (Lipinski definition) is 4. The third-order valence-electron chi connectivity index (χ3n) is 3.29. The number of hydrazine groups is 1. The molecule has 0 aliphatic carbocycles. The van der Waals surface area contributed by atoms with E-state index in [9.17, 15) is 9.59 Å². The average Bonchev–Trinajstić information content (AvgIpc) is 3.22. The number of carbonyl (C=O) groups is 2. The topological polar surface area (TPSA) is 76.0 Å². The van der Waals surface area contributed by atoms with E-state index in [0.717, 1.165) is 5.56 Å². The second-order valence-electron chi connectivity index (χ2n) is 4.96. The summed E-state index contributed by atoms with van der Waals surface area (Å²) in [4.78, 5) is 28.3. The molecule has 2 N–H and O–H groups in total. The van der Waals surface area contributed by atoms with E-state index in [1.54, 1.807) is 47.5 Å². The molecule has 0 fully saturated rings. The number of rotatable bonds is 3. The van der Waals surface area contributed by atoms with Crippen LogP contribution in [0.5, 0.6) is 0 Å². The van der Waals surface area contributed by atoms with E-state index < -0.39 is 11.8 Å². The first-order valence-electron chi connectivity index (χ1n) is 6.98. The molecule has 3 aromatic rings. The fourth-order valence-electron chi connectivity index (χ4n) is 2.04. The summed E-state index contributed by atoms with van der Waals surface area (Å²) in [6.45, 7) is 0. The van der Waals surface area contributed by atoms with Gasteiger partial charge in [0.2, 0.25) is 0 Å². The quantitative estimate of drug-likeness (QED) is 0.705. The number of amides is 2. The lowest BCUT2D eigenvalue weighted by molar-refractivity contribution is 0.0840. The summed E-state index contributed by atoms with van der Waals surface area (Å²) in [6, 6.07) is 10.6. The Morgan fingerprint density at radius 1 is 1.12 bits per heavy atom. The zero-order valence-corrected chi connectivity index (χ0v) is 14.2. The van der Waals surface area contributed by atoms with Crippen molar-refractivity contribution in [3.05, 3.63) is 64.4 Å². The van der Waals surface area contributed by atoms with Crippen molar-refractivity contribution in [1.82, 2.24) is 20.4 Å². The Kier molecular flexibility index (Phi) is 4.64. The SMILES string of the molecule is Cn1cccc1C(=O)NNC(=O)c1csc(-c2ccc(Cl)cc2)n1. The van der Waals surface area contributed by atoms with Gasteiger partial charge in [0, 0.05) is 29.2 Å². The van der Waals surface area contributed by atoms with Crippen LogP contribution in [0.25, 0.3) is 10.6 Å². The van der Waals surface area contributed by atoms with E-state index in [4.69, 9.17) is 11.6 Å². The lowest BCUT2D eigenvalue weighted by atomic mass is 10.2. The minimum absolute atomic E-state index is 0.233. The maximum Gasteiger partial charge on any atom is 0.289 e. The molecule has 1 aromatic carbocycles. The Balaban J connectivity index is 1.65. The van der Waals surface area contributed by atoms with Crippen molar-refractivity contribution < 1.29 is 9.59 Å². The van der Waals surface area contributed by atoms with Crippen molar-refractivity contribution in [3.63, 3.8) is 0 Å². The predicted octanol–water partition coefficient (Wildman–Crippen LogP) is 2.88. The Morgan fingerprint density at radius 2 is 1.83 bits per heavy atom. The molecule has 0 bridgehead atoms. The number of halogens is 1. The highest BCUT2D eigenvalue weighted by Crippen LogP contribution is 2.24. The highest BCUT2D eigenvalue weighted by atomic mass is 35.5. The van der Waals surface area contributed by atoms with Gasteiger partial charge in [0.1, 0.15) is 16.4 Å². The van der Waals surface area contributed by atoms with Gasteiger partial charge in [0.05, 0.1) is 0 Å². The molecule has 0 saturated heterocycles. The molecular formula is C16H13ClN4O2S. The first-order chi connectivity index (χ1) is 11.5. The van der Waals surface area contributed by atoms with E-state index in [0.29, 0.717) is 15.7 Å².